The van der Waals surface area contributed by atoms with Gasteiger partial charge in [0.25, 0.3) is 0 Å². The van der Waals surface area contributed by atoms with Gasteiger partial charge >= 0.3 is 0 Å². The van der Waals surface area contributed by atoms with Crippen LogP contribution in [-0.2, 0) is 65.6 Å². The SMILES string of the molecule is NCCC[C@H](NC(=O)[C@@H]1CCCN1C(=O)[C@@H]1CSSC[C@H](N)C(=O)N[C@@H](Cc2ccccc2)C(=O)N[C@@H](Cc2ccccc2)C(=O)N[C@@H](CCC(N)=O)C(=O)N[C@@H](CC(N)=O)C(=O)N1)C(=O)NCC(N)=O. The first-order chi connectivity index (χ1) is 33.9. The van der Waals surface area contributed by atoms with Crippen molar-refractivity contribution in [2.24, 2.45) is 28.7 Å². The number of hydrogen-bond donors (Lipinski definition) is 12. The quantitative estimate of drug-likeness (QED) is 0.0627. The van der Waals surface area contributed by atoms with Crippen LogP contribution in [0.15, 0.2) is 60.7 Å². The second-order valence-electron chi connectivity index (χ2n) is 16.9. The van der Waals surface area contributed by atoms with Crippen molar-refractivity contribution in [2.75, 3.05) is 31.1 Å². The minimum absolute atomic E-state index is 0.0204. The molecule has 0 unspecified atom stereocenters. The van der Waals surface area contributed by atoms with Gasteiger partial charge in [-0.3, -0.25) is 52.7 Å². The standard InChI is InChI=1S/C45H63N13O11S2/c46-17-7-13-28(39(63)51-22-37(50)61)53-44(68)34-14-8-18-58(34)45(69)33-24-71-70-23-27(47)38(62)54-30(19-25-9-3-1-4-10-25)42(66)55-31(20-26-11-5-2-6-12-26)41(65)52-29(15-16-35(48)59)40(64)56-32(21-36(49)60)43(67)57-33/h1-6,9-12,27-34H,7-8,13-24,46-47H2,(H2,48,59)(H2,49,60)(H2,50,61)(H,51,63)(H,52,65)(H,53,68)(H,54,62)(H,55,66)(H,56,64)(H,57,67)/t27-,28-,29-,30-,31-,32-,33-,34-/m0/s1. The first-order valence-corrected chi connectivity index (χ1v) is 25.4. The predicted octanol–water partition coefficient (Wildman–Crippen LogP) is -4.42. The molecular formula is C45H63N13O11S2. The maximum Gasteiger partial charge on any atom is 0.246 e. The predicted molar refractivity (Wildman–Crippen MR) is 262 cm³/mol. The molecule has 2 heterocycles. The number of benzene rings is 2. The van der Waals surface area contributed by atoms with E-state index in [1.807, 2.05) is 0 Å². The molecule has 26 heteroatoms. The number of primary amides is 3. The lowest BCUT2D eigenvalue weighted by molar-refractivity contribution is -0.142. The van der Waals surface area contributed by atoms with E-state index in [4.69, 9.17) is 28.7 Å². The summed E-state index contributed by atoms with van der Waals surface area (Å²) in [5.41, 5.74) is 29.4. The molecule has 0 bridgehead atoms. The van der Waals surface area contributed by atoms with Crippen LogP contribution in [0.1, 0.15) is 56.1 Å². The molecule has 11 amide bonds. The maximum absolute atomic E-state index is 14.5. The fraction of sp³-hybridized carbons (Fsp3) is 0.489. The molecule has 0 saturated carbocycles. The summed E-state index contributed by atoms with van der Waals surface area (Å²) in [6.07, 6.45) is -0.858. The lowest BCUT2D eigenvalue weighted by atomic mass is 10.0. The largest absolute Gasteiger partial charge is 0.370 e. The molecule has 2 aliphatic rings. The highest BCUT2D eigenvalue weighted by Gasteiger charge is 2.40. The number of carbonyl (C=O) groups is 11. The molecule has 0 aliphatic carbocycles. The fourth-order valence-electron chi connectivity index (χ4n) is 7.60. The molecule has 2 saturated heterocycles. The smallest absolute Gasteiger partial charge is 0.246 e. The van der Waals surface area contributed by atoms with Gasteiger partial charge in [-0.15, -0.1) is 0 Å². The van der Waals surface area contributed by atoms with Gasteiger partial charge in [-0.25, -0.2) is 0 Å². The molecule has 4 rings (SSSR count). The van der Waals surface area contributed by atoms with Crippen molar-refractivity contribution in [3.8, 4) is 0 Å². The minimum atomic E-state index is -1.76. The van der Waals surface area contributed by atoms with Crippen LogP contribution in [0.25, 0.3) is 0 Å². The molecule has 2 aromatic rings. The lowest BCUT2D eigenvalue weighted by Gasteiger charge is -2.31. The third kappa shape index (κ3) is 18.8. The summed E-state index contributed by atoms with van der Waals surface area (Å²) in [6, 6.07) is 6.31. The summed E-state index contributed by atoms with van der Waals surface area (Å²) in [7, 11) is 2.07. The number of rotatable bonds is 18. The Hall–Kier alpha value is -6.77. The number of likely N-dealkylation sites (tertiary alicyclic amines) is 1. The van der Waals surface area contributed by atoms with Crippen LogP contribution in [-0.4, -0.2) is 149 Å². The third-order valence-electron chi connectivity index (χ3n) is 11.3. The molecule has 71 heavy (non-hydrogen) atoms. The molecule has 2 aromatic carbocycles. The van der Waals surface area contributed by atoms with Crippen molar-refractivity contribution in [3.63, 3.8) is 0 Å². The van der Waals surface area contributed by atoms with Gasteiger partial charge in [-0.2, -0.15) is 0 Å². The number of nitrogens with one attached hydrogen (secondary N) is 7. The van der Waals surface area contributed by atoms with Crippen LogP contribution in [0.4, 0.5) is 0 Å². The Kier molecular flexibility index (Phi) is 23.0. The van der Waals surface area contributed by atoms with Gasteiger partial charge in [0.1, 0.15) is 42.3 Å². The van der Waals surface area contributed by atoms with Gasteiger partial charge in [0.05, 0.1) is 19.0 Å². The molecular weight excluding hydrogens is 963 g/mol. The average Bonchev–Trinajstić information content (AvgIpc) is 3.84. The molecule has 17 N–H and O–H groups in total. The summed E-state index contributed by atoms with van der Waals surface area (Å²) in [6.45, 7) is -0.272. The van der Waals surface area contributed by atoms with E-state index in [0.29, 0.717) is 24.0 Å². The number of nitrogens with zero attached hydrogens (tertiary/aromatic N) is 1. The third-order valence-corrected chi connectivity index (χ3v) is 13.8. The molecule has 24 nitrogen and oxygen atoms in total. The van der Waals surface area contributed by atoms with Gasteiger partial charge in [0.15, 0.2) is 0 Å². The van der Waals surface area contributed by atoms with E-state index in [2.05, 4.69) is 37.2 Å². The van der Waals surface area contributed by atoms with Crippen molar-refractivity contribution in [2.45, 2.75) is 106 Å². The number of carbonyl (C=O) groups excluding carboxylic acids is 11. The van der Waals surface area contributed by atoms with Crippen LogP contribution >= 0.6 is 21.6 Å². The van der Waals surface area contributed by atoms with Crippen molar-refractivity contribution in [1.82, 2.24) is 42.1 Å². The van der Waals surface area contributed by atoms with E-state index in [1.54, 1.807) is 60.7 Å². The maximum atomic E-state index is 14.5. The Balaban J connectivity index is 1.71. The molecule has 386 valence electrons. The normalized spacial score (nSPS) is 23.3. The Morgan fingerprint density at radius 1 is 0.676 bits per heavy atom. The van der Waals surface area contributed by atoms with Crippen molar-refractivity contribution in [3.05, 3.63) is 71.8 Å². The number of hydrogen-bond acceptors (Lipinski definition) is 15. The van der Waals surface area contributed by atoms with E-state index >= 15 is 0 Å². The summed E-state index contributed by atoms with van der Waals surface area (Å²) in [4.78, 5) is 149. The lowest BCUT2D eigenvalue weighted by Crippen LogP contribution is -2.61. The van der Waals surface area contributed by atoms with Gasteiger partial charge < -0.3 is 70.8 Å². The summed E-state index contributed by atoms with van der Waals surface area (Å²) >= 11 is 0. The first kappa shape index (κ1) is 56.8. The molecule has 2 aliphatic heterocycles. The van der Waals surface area contributed by atoms with Crippen LogP contribution in [0, 0.1) is 0 Å². The van der Waals surface area contributed by atoms with E-state index in [1.165, 1.54) is 4.90 Å². The highest BCUT2D eigenvalue weighted by atomic mass is 33.1. The first-order valence-electron chi connectivity index (χ1n) is 22.9. The Labute approximate surface area is 417 Å². The van der Waals surface area contributed by atoms with Gasteiger partial charge in [0, 0.05) is 37.3 Å². The van der Waals surface area contributed by atoms with Crippen molar-refractivity contribution in [1.29, 1.82) is 0 Å². The second kappa shape index (κ2) is 28.8. The Morgan fingerprint density at radius 2 is 1.21 bits per heavy atom. The van der Waals surface area contributed by atoms with Crippen LogP contribution in [0.5, 0.6) is 0 Å². The van der Waals surface area contributed by atoms with Gasteiger partial charge in [-0.05, 0) is 49.8 Å². The molecule has 2 fully saturated rings. The number of nitrogens with two attached hydrogens (primary N) is 5. The van der Waals surface area contributed by atoms with E-state index in [0.717, 1.165) is 21.6 Å². The summed E-state index contributed by atoms with van der Waals surface area (Å²) in [5, 5.41) is 17.9. The Bertz CT molecular complexity index is 2230. The van der Waals surface area contributed by atoms with Crippen molar-refractivity contribution < 1.29 is 52.7 Å². The summed E-state index contributed by atoms with van der Waals surface area (Å²) < 4.78 is 0. The Morgan fingerprint density at radius 3 is 1.77 bits per heavy atom. The highest BCUT2D eigenvalue weighted by Crippen LogP contribution is 2.26. The summed E-state index contributed by atoms with van der Waals surface area (Å²) in [5.74, 6) is -9.72. The van der Waals surface area contributed by atoms with Crippen LogP contribution < -0.4 is 65.9 Å². The zero-order valence-corrected chi connectivity index (χ0v) is 40.6. The molecule has 0 spiro atoms. The molecule has 0 radical (unpaired) electrons. The van der Waals surface area contributed by atoms with Crippen LogP contribution in [0.2, 0.25) is 0 Å². The topological polar surface area (TPSA) is 405 Å². The van der Waals surface area contributed by atoms with E-state index in [-0.39, 0.29) is 50.3 Å². The minimum Gasteiger partial charge on any atom is -0.370 e. The van der Waals surface area contributed by atoms with Crippen LogP contribution in [0.3, 0.4) is 0 Å². The van der Waals surface area contributed by atoms with E-state index in [9.17, 15) is 52.7 Å². The second-order valence-corrected chi connectivity index (χ2v) is 19.5. The van der Waals surface area contributed by atoms with Gasteiger partial charge in [0.2, 0.25) is 65.0 Å². The number of amides is 11. The fourth-order valence-corrected chi connectivity index (χ4v) is 9.88. The highest BCUT2D eigenvalue weighted by molar-refractivity contribution is 8.76. The zero-order chi connectivity index (χ0) is 52.0. The monoisotopic (exact) mass is 1030 g/mol. The average molecular weight is 1030 g/mol. The molecule has 0 aromatic heterocycles. The van der Waals surface area contributed by atoms with Crippen molar-refractivity contribution >= 4 is 86.6 Å². The molecule has 8 atom stereocenters. The van der Waals surface area contributed by atoms with E-state index < -0.39 is 139 Å². The van der Waals surface area contributed by atoms with Gasteiger partial charge in [-0.1, -0.05) is 82.3 Å². The zero-order valence-electron chi connectivity index (χ0n) is 38.9.